The van der Waals surface area contributed by atoms with Gasteiger partial charge in [0.2, 0.25) is 0 Å². The average Bonchev–Trinajstić information content (AvgIpc) is 2.49. The number of carbonyl (C=O) groups excluding carboxylic acids is 1. The van der Waals surface area contributed by atoms with E-state index in [1.54, 1.807) is 0 Å². The van der Waals surface area contributed by atoms with Crippen LogP contribution >= 0.6 is 0 Å². The van der Waals surface area contributed by atoms with E-state index in [2.05, 4.69) is 11.8 Å². The number of anilines is 1. The summed E-state index contributed by atoms with van der Waals surface area (Å²) in [6.45, 7) is 3.21. The van der Waals surface area contributed by atoms with Gasteiger partial charge in [0.25, 0.3) is 0 Å². The SMILES string of the molecule is CCCCCCCCN(C)c1ccccc1C(=O)OC. The van der Waals surface area contributed by atoms with Crippen LogP contribution < -0.4 is 4.90 Å². The van der Waals surface area contributed by atoms with Gasteiger partial charge in [-0.15, -0.1) is 0 Å². The Balaban J connectivity index is 2.47. The number of methoxy groups -OCH3 is 1. The first-order valence-corrected chi connectivity index (χ1v) is 7.59. The first-order valence-electron chi connectivity index (χ1n) is 7.59. The Hall–Kier alpha value is -1.51. The monoisotopic (exact) mass is 277 g/mol. The quantitative estimate of drug-likeness (QED) is 0.498. The fraction of sp³-hybridized carbons (Fsp3) is 0.588. The Morgan fingerprint density at radius 1 is 1.10 bits per heavy atom. The Morgan fingerprint density at radius 3 is 2.45 bits per heavy atom. The molecule has 0 saturated heterocycles. The molecule has 0 heterocycles. The molecule has 0 radical (unpaired) electrons. The first kappa shape index (κ1) is 16.5. The Bertz CT molecular complexity index is 404. The number of benzene rings is 1. The highest BCUT2D eigenvalue weighted by atomic mass is 16.5. The van der Waals surface area contributed by atoms with Crippen molar-refractivity contribution in [3.05, 3.63) is 29.8 Å². The van der Waals surface area contributed by atoms with Crippen molar-refractivity contribution in [3.8, 4) is 0 Å². The summed E-state index contributed by atoms with van der Waals surface area (Å²) >= 11 is 0. The van der Waals surface area contributed by atoms with Crippen molar-refractivity contribution in [2.45, 2.75) is 45.4 Å². The van der Waals surface area contributed by atoms with Gasteiger partial charge in [-0.1, -0.05) is 51.2 Å². The highest BCUT2D eigenvalue weighted by Crippen LogP contribution is 2.20. The molecule has 1 rings (SSSR count). The van der Waals surface area contributed by atoms with Gasteiger partial charge in [-0.25, -0.2) is 4.79 Å². The van der Waals surface area contributed by atoms with Gasteiger partial charge >= 0.3 is 5.97 Å². The summed E-state index contributed by atoms with van der Waals surface area (Å²) in [5, 5.41) is 0. The molecule has 0 unspecified atom stereocenters. The lowest BCUT2D eigenvalue weighted by Gasteiger charge is -2.21. The van der Waals surface area contributed by atoms with E-state index in [0.717, 1.165) is 18.7 Å². The zero-order chi connectivity index (χ0) is 14.8. The molecule has 0 aliphatic rings. The maximum absolute atomic E-state index is 11.7. The lowest BCUT2D eigenvalue weighted by atomic mass is 10.1. The van der Waals surface area contributed by atoms with Crippen molar-refractivity contribution in [2.24, 2.45) is 0 Å². The third-order valence-electron chi connectivity index (χ3n) is 3.57. The van der Waals surface area contributed by atoms with E-state index >= 15 is 0 Å². The van der Waals surface area contributed by atoms with Gasteiger partial charge in [0.15, 0.2) is 0 Å². The molecule has 3 nitrogen and oxygen atoms in total. The molecule has 20 heavy (non-hydrogen) atoms. The van der Waals surface area contributed by atoms with Gasteiger partial charge in [-0.2, -0.15) is 0 Å². The zero-order valence-corrected chi connectivity index (χ0v) is 13.0. The van der Waals surface area contributed by atoms with Crippen LogP contribution in [0.25, 0.3) is 0 Å². The molecule has 0 N–H and O–H groups in total. The van der Waals surface area contributed by atoms with Crippen molar-refractivity contribution < 1.29 is 9.53 Å². The molecule has 0 aliphatic heterocycles. The number of para-hydroxylation sites is 1. The summed E-state index contributed by atoms with van der Waals surface area (Å²) in [6.07, 6.45) is 7.67. The molecule has 0 bridgehead atoms. The fourth-order valence-corrected chi connectivity index (χ4v) is 2.34. The number of rotatable bonds is 9. The van der Waals surface area contributed by atoms with Crippen LogP contribution in [-0.2, 0) is 4.74 Å². The lowest BCUT2D eigenvalue weighted by Crippen LogP contribution is -2.21. The van der Waals surface area contributed by atoms with E-state index in [1.165, 1.54) is 39.2 Å². The molecule has 0 saturated carbocycles. The van der Waals surface area contributed by atoms with Crippen molar-refractivity contribution in [1.82, 2.24) is 0 Å². The van der Waals surface area contributed by atoms with Crippen molar-refractivity contribution in [2.75, 3.05) is 25.6 Å². The van der Waals surface area contributed by atoms with E-state index in [-0.39, 0.29) is 5.97 Å². The largest absolute Gasteiger partial charge is 0.465 e. The van der Waals surface area contributed by atoms with Crippen molar-refractivity contribution >= 4 is 11.7 Å². The number of unbranched alkanes of at least 4 members (excludes halogenated alkanes) is 5. The van der Waals surface area contributed by atoms with Crippen LogP contribution in [0.1, 0.15) is 55.8 Å². The minimum Gasteiger partial charge on any atom is -0.465 e. The molecule has 0 aromatic heterocycles. The molecule has 0 fully saturated rings. The minimum absolute atomic E-state index is 0.268. The Labute approximate surface area is 122 Å². The lowest BCUT2D eigenvalue weighted by molar-refractivity contribution is 0.0601. The van der Waals surface area contributed by atoms with Crippen LogP contribution in [0.3, 0.4) is 0 Å². The number of nitrogens with zero attached hydrogens (tertiary/aromatic N) is 1. The summed E-state index contributed by atoms with van der Waals surface area (Å²) in [5.74, 6) is -0.268. The van der Waals surface area contributed by atoms with Gasteiger partial charge in [0.05, 0.1) is 18.4 Å². The van der Waals surface area contributed by atoms with E-state index in [0.29, 0.717) is 5.56 Å². The van der Waals surface area contributed by atoms with Crippen molar-refractivity contribution in [3.63, 3.8) is 0 Å². The second kappa shape index (κ2) is 9.40. The third kappa shape index (κ3) is 5.24. The highest BCUT2D eigenvalue weighted by Gasteiger charge is 2.13. The average molecular weight is 277 g/mol. The number of hydrogen-bond donors (Lipinski definition) is 0. The zero-order valence-electron chi connectivity index (χ0n) is 13.0. The highest BCUT2D eigenvalue weighted by molar-refractivity contribution is 5.95. The summed E-state index contributed by atoms with van der Waals surface area (Å²) in [7, 11) is 3.46. The third-order valence-corrected chi connectivity index (χ3v) is 3.57. The Morgan fingerprint density at radius 2 is 1.75 bits per heavy atom. The van der Waals surface area contributed by atoms with E-state index in [1.807, 2.05) is 31.3 Å². The van der Waals surface area contributed by atoms with Crippen LogP contribution in [0, 0.1) is 0 Å². The van der Waals surface area contributed by atoms with Crippen LogP contribution in [0.5, 0.6) is 0 Å². The minimum atomic E-state index is -0.268. The van der Waals surface area contributed by atoms with Crippen LogP contribution in [0.15, 0.2) is 24.3 Å². The molecule has 0 aliphatic carbocycles. The molecular formula is C17H27NO2. The van der Waals surface area contributed by atoms with Gasteiger partial charge in [-0.05, 0) is 18.6 Å². The summed E-state index contributed by atoms with van der Waals surface area (Å²) in [4.78, 5) is 13.9. The molecule has 1 aromatic rings. The number of esters is 1. The predicted octanol–water partition coefficient (Wildman–Crippen LogP) is 4.27. The maximum atomic E-state index is 11.7. The van der Waals surface area contributed by atoms with Gasteiger partial charge < -0.3 is 9.64 Å². The fourth-order valence-electron chi connectivity index (χ4n) is 2.34. The standard InChI is InChI=1S/C17H27NO2/c1-4-5-6-7-8-11-14-18(2)16-13-10-9-12-15(16)17(19)20-3/h9-10,12-13H,4-8,11,14H2,1-3H3. The molecule has 112 valence electrons. The molecular weight excluding hydrogens is 250 g/mol. The summed E-state index contributed by atoms with van der Waals surface area (Å²) in [5.41, 5.74) is 1.59. The van der Waals surface area contributed by atoms with E-state index in [9.17, 15) is 4.79 Å². The number of hydrogen-bond acceptors (Lipinski definition) is 3. The first-order chi connectivity index (χ1) is 9.70. The number of carbonyl (C=O) groups is 1. The second-order valence-electron chi connectivity index (χ2n) is 5.20. The second-order valence-corrected chi connectivity index (χ2v) is 5.20. The van der Waals surface area contributed by atoms with Gasteiger partial charge in [0.1, 0.15) is 0 Å². The topological polar surface area (TPSA) is 29.5 Å². The summed E-state index contributed by atoms with van der Waals surface area (Å²) in [6, 6.07) is 7.62. The normalized spacial score (nSPS) is 10.3. The predicted molar refractivity (Wildman–Crippen MR) is 84.4 cm³/mol. The smallest absolute Gasteiger partial charge is 0.339 e. The number of ether oxygens (including phenoxy) is 1. The molecule has 0 amide bonds. The maximum Gasteiger partial charge on any atom is 0.339 e. The van der Waals surface area contributed by atoms with Gasteiger partial charge in [-0.3, -0.25) is 0 Å². The van der Waals surface area contributed by atoms with E-state index in [4.69, 9.17) is 4.74 Å². The van der Waals surface area contributed by atoms with E-state index < -0.39 is 0 Å². The molecule has 0 atom stereocenters. The van der Waals surface area contributed by atoms with Crippen molar-refractivity contribution in [1.29, 1.82) is 0 Å². The molecule has 0 spiro atoms. The van der Waals surface area contributed by atoms with Crippen LogP contribution in [0.2, 0.25) is 0 Å². The molecule has 1 aromatic carbocycles. The Kier molecular flexibility index (Phi) is 7.78. The van der Waals surface area contributed by atoms with Crippen LogP contribution in [0.4, 0.5) is 5.69 Å². The van der Waals surface area contributed by atoms with Crippen LogP contribution in [-0.4, -0.2) is 26.7 Å². The summed E-state index contributed by atoms with van der Waals surface area (Å²) < 4.78 is 4.83. The molecule has 3 heteroatoms. The van der Waals surface area contributed by atoms with Gasteiger partial charge in [0, 0.05) is 13.6 Å².